The summed E-state index contributed by atoms with van der Waals surface area (Å²) >= 11 is 0. The van der Waals surface area contributed by atoms with Crippen molar-refractivity contribution in [3.05, 3.63) is 0 Å². The van der Waals surface area contributed by atoms with Gasteiger partial charge >= 0.3 is 0 Å². The van der Waals surface area contributed by atoms with E-state index in [0.29, 0.717) is 0 Å². The molecule has 0 saturated heterocycles. The second-order valence-electron chi connectivity index (χ2n) is 3.31. The Hall–Kier alpha value is -0.0800. The van der Waals surface area contributed by atoms with Gasteiger partial charge in [0.2, 0.25) is 0 Å². The van der Waals surface area contributed by atoms with Crippen molar-refractivity contribution in [2.75, 3.05) is 13.2 Å². The highest BCUT2D eigenvalue weighted by Crippen LogP contribution is 2.05. The first-order chi connectivity index (χ1) is 6.35. The van der Waals surface area contributed by atoms with Crippen LogP contribution in [0.5, 0.6) is 0 Å². The molecule has 0 N–H and O–H groups in total. The average Bonchev–Trinajstić information content (AvgIpc) is 2.14. The number of hydrogen-bond acceptors (Lipinski definition) is 2. The molecule has 1 atom stereocenters. The van der Waals surface area contributed by atoms with E-state index in [1.807, 2.05) is 0 Å². The molecule has 0 radical (unpaired) electrons. The van der Waals surface area contributed by atoms with Gasteiger partial charge in [-0.3, -0.25) is 0 Å². The molecule has 0 heterocycles. The van der Waals surface area contributed by atoms with Gasteiger partial charge in [0.05, 0.1) is 0 Å². The van der Waals surface area contributed by atoms with Crippen molar-refractivity contribution >= 4 is 0 Å². The van der Waals surface area contributed by atoms with Crippen LogP contribution in [-0.2, 0) is 9.47 Å². The summed E-state index contributed by atoms with van der Waals surface area (Å²) in [5, 5.41) is 0. The van der Waals surface area contributed by atoms with Gasteiger partial charge in [-0.1, -0.05) is 33.6 Å². The minimum atomic E-state index is 0.0384. The summed E-state index contributed by atoms with van der Waals surface area (Å²) in [6.07, 6.45) is 5.57. The highest BCUT2D eigenvalue weighted by atomic mass is 16.7. The number of ether oxygens (including phenoxy) is 2. The third kappa shape index (κ3) is 8.26. The molecule has 13 heavy (non-hydrogen) atoms. The van der Waals surface area contributed by atoms with Gasteiger partial charge in [-0.05, 0) is 19.3 Å². The fourth-order valence-electron chi connectivity index (χ4n) is 1.06. The first kappa shape index (κ1) is 12.9. The fourth-order valence-corrected chi connectivity index (χ4v) is 1.06. The van der Waals surface area contributed by atoms with E-state index in [4.69, 9.17) is 9.47 Å². The van der Waals surface area contributed by atoms with Crippen molar-refractivity contribution in [1.82, 2.24) is 0 Å². The third-order valence-electron chi connectivity index (χ3n) is 1.83. The Morgan fingerprint density at radius 3 is 2.08 bits per heavy atom. The number of hydrogen-bond donors (Lipinski definition) is 0. The minimum absolute atomic E-state index is 0.0384. The van der Waals surface area contributed by atoms with E-state index >= 15 is 0 Å². The maximum absolute atomic E-state index is 5.60. The van der Waals surface area contributed by atoms with Crippen LogP contribution in [-0.4, -0.2) is 19.5 Å². The summed E-state index contributed by atoms with van der Waals surface area (Å²) in [5.41, 5.74) is 0. The van der Waals surface area contributed by atoms with Crippen molar-refractivity contribution in [1.29, 1.82) is 0 Å². The van der Waals surface area contributed by atoms with Gasteiger partial charge in [0.25, 0.3) is 0 Å². The molecule has 0 saturated carbocycles. The molecule has 0 bridgehead atoms. The molecule has 0 amide bonds. The van der Waals surface area contributed by atoms with E-state index in [0.717, 1.165) is 38.9 Å². The maximum atomic E-state index is 5.60. The molecule has 2 nitrogen and oxygen atoms in total. The van der Waals surface area contributed by atoms with Gasteiger partial charge in [-0.25, -0.2) is 0 Å². The third-order valence-corrected chi connectivity index (χ3v) is 1.83. The molecule has 0 aromatic rings. The zero-order valence-electron chi connectivity index (χ0n) is 9.34. The Labute approximate surface area is 82.6 Å². The second-order valence-corrected chi connectivity index (χ2v) is 3.31. The van der Waals surface area contributed by atoms with Gasteiger partial charge in [0.15, 0.2) is 6.29 Å². The van der Waals surface area contributed by atoms with Crippen LogP contribution in [0, 0.1) is 0 Å². The molecule has 2 heteroatoms. The molecule has 0 aromatic heterocycles. The van der Waals surface area contributed by atoms with Gasteiger partial charge < -0.3 is 9.47 Å². The molecule has 0 spiro atoms. The fraction of sp³-hybridized carbons (Fsp3) is 1.00. The summed E-state index contributed by atoms with van der Waals surface area (Å²) in [5.74, 6) is 0. The average molecular weight is 188 g/mol. The molecule has 0 fully saturated rings. The van der Waals surface area contributed by atoms with Crippen LogP contribution in [0.2, 0.25) is 0 Å². The Morgan fingerprint density at radius 2 is 1.54 bits per heavy atom. The largest absolute Gasteiger partial charge is 0.353 e. The zero-order valence-corrected chi connectivity index (χ0v) is 9.34. The first-order valence-corrected chi connectivity index (χ1v) is 5.58. The highest BCUT2D eigenvalue weighted by molar-refractivity contribution is 4.44. The van der Waals surface area contributed by atoms with Crippen molar-refractivity contribution < 1.29 is 9.47 Å². The predicted molar refractivity (Wildman–Crippen MR) is 55.8 cm³/mol. The zero-order chi connectivity index (χ0) is 9.94. The Kier molecular flexibility index (Phi) is 9.94. The van der Waals surface area contributed by atoms with Crippen LogP contribution >= 0.6 is 0 Å². The van der Waals surface area contributed by atoms with Crippen LogP contribution in [0.4, 0.5) is 0 Å². The molecule has 0 aliphatic heterocycles. The lowest BCUT2D eigenvalue weighted by molar-refractivity contribution is -0.146. The lowest BCUT2D eigenvalue weighted by atomic mass is 10.3. The predicted octanol–water partition coefficient (Wildman–Crippen LogP) is 3.36. The molecule has 0 aliphatic carbocycles. The highest BCUT2D eigenvalue weighted by Gasteiger charge is 2.06. The van der Waals surface area contributed by atoms with Gasteiger partial charge in [-0.15, -0.1) is 0 Å². The molecule has 80 valence electrons. The lowest BCUT2D eigenvalue weighted by Crippen LogP contribution is -2.18. The summed E-state index contributed by atoms with van der Waals surface area (Å²) in [4.78, 5) is 0. The molecule has 0 aliphatic rings. The summed E-state index contributed by atoms with van der Waals surface area (Å²) in [7, 11) is 0. The van der Waals surface area contributed by atoms with Crippen molar-refractivity contribution in [3.63, 3.8) is 0 Å². The molecular formula is C11H24O2. The van der Waals surface area contributed by atoms with E-state index in [9.17, 15) is 0 Å². The van der Waals surface area contributed by atoms with Gasteiger partial charge in [-0.2, -0.15) is 0 Å². The number of rotatable bonds is 9. The van der Waals surface area contributed by atoms with Crippen LogP contribution in [0.3, 0.4) is 0 Å². The van der Waals surface area contributed by atoms with Crippen molar-refractivity contribution in [2.24, 2.45) is 0 Å². The topological polar surface area (TPSA) is 18.5 Å². The van der Waals surface area contributed by atoms with Crippen LogP contribution in [0.15, 0.2) is 0 Å². The second kappa shape index (κ2) is 10.0. The molecular weight excluding hydrogens is 164 g/mol. The van der Waals surface area contributed by atoms with Gasteiger partial charge in [0, 0.05) is 13.2 Å². The van der Waals surface area contributed by atoms with Crippen LogP contribution in [0.1, 0.15) is 52.9 Å². The minimum Gasteiger partial charge on any atom is -0.353 e. The monoisotopic (exact) mass is 188 g/mol. The molecule has 1 unspecified atom stereocenters. The standard InChI is InChI=1S/C11H24O2/c1-4-7-10-13-11(8-5-2)12-9-6-3/h11H,4-10H2,1-3H3. The van der Waals surface area contributed by atoms with E-state index in [-0.39, 0.29) is 6.29 Å². The summed E-state index contributed by atoms with van der Waals surface area (Å²) in [6.45, 7) is 8.10. The molecule has 0 rings (SSSR count). The van der Waals surface area contributed by atoms with Crippen LogP contribution < -0.4 is 0 Å². The van der Waals surface area contributed by atoms with E-state index in [2.05, 4.69) is 20.8 Å². The SMILES string of the molecule is CCCCOC(CCC)OCCC. The Bertz CT molecular complexity index is 94.1. The first-order valence-electron chi connectivity index (χ1n) is 5.58. The summed E-state index contributed by atoms with van der Waals surface area (Å²) < 4.78 is 11.2. The lowest BCUT2D eigenvalue weighted by Gasteiger charge is -2.17. The number of unbranched alkanes of at least 4 members (excludes halogenated alkanes) is 1. The quantitative estimate of drug-likeness (QED) is 0.408. The van der Waals surface area contributed by atoms with Gasteiger partial charge in [0.1, 0.15) is 0 Å². The summed E-state index contributed by atoms with van der Waals surface area (Å²) in [6, 6.07) is 0. The van der Waals surface area contributed by atoms with Crippen molar-refractivity contribution in [2.45, 2.75) is 59.2 Å². The normalized spacial score (nSPS) is 13.2. The van der Waals surface area contributed by atoms with Crippen LogP contribution in [0.25, 0.3) is 0 Å². The van der Waals surface area contributed by atoms with E-state index in [1.54, 1.807) is 0 Å². The van der Waals surface area contributed by atoms with Crippen molar-refractivity contribution in [3.8, 4) is 0 Å². The van der Waals surface area contributed by atoms with E-state index < -0.39 is 0 Å². The molecule has 0 aromatic carbocycles. The Balaban J connectivity index is 3.41. The maximum Gasteiger partial charge on any atom is 0.157 e. The smallest absolute Gasteiger partial charge is 0.157 e. The Morgan fingerprint density at radius 1 is 0.846 bits per heavy atom. The van der Waals surface area contributed by atoms with E-state index in [1.165, 1.54) is 6.42 Å².